The Hall–Kier alpha value is -1.05. The molecule has 1 atom stereocenters. The van der Waals surface area contributed by atoms with Gasteiger partial charge >= 0.3 is 0 Å². The molecule has 5 nitrogen and oxygen atoms in total. The minimum Gasteiger partial charge on any atom is -0.481 e. The fraction of sp³-hybridized carbons (Fsp3) is 0.600. The van der Waals surface area contributed by atoms with Crippen molar-refractivity contribution in [2.75, 3.05) is 27.2 Å². The molecular weight excluding hydrogens is 379 g/mol. The molecule has 1 aliphatic heterocycles. The molecule has 0 aromatic carbocycles. The van der Waals surface area contributed by atoms with E-state index in [-0.39, 0.29) is 24.0 Å². The number of hydrogen-bond donors (Lipinski definition) is 1. The summed E-state index contributed by atoms with van der Waals surface area (Å²) in [7, 11) is 3.48. The lowest BCUT2D eigenvalue weighted by Gasteiger charge is -2.33. The van der Waals surface area contributed by atoms with Gasteiger partial charge in [0.25, 0.3) is 0 Å². The maximum atomic E-state index is 5.27. The third-order valence-electron chi connectivity index (χ3n) is 3.65. The molecule has 6 heteroatoms. The predicted octanol–water partition coefficient (Wildman–Crippen LogP) is 2.52. The van der Waals surface area contributed by atoms with Crippen molar-refractivity contribution in [3.8, 4) is 5.88 Å². The van der Waals surface area contributed by atoms with E-state index < -0.39 is 0 Å². The van der Waals surface area contributed by atoms with E-state index in [4.69, 9.17) is 4.74 Å². The second-order valence-electron chi connectivity index (χ2n) is 5.27. The van der Waals surface area contributed by atoms with Crippen LogP contribution in [-0.4, -0.2) is 43.1 Å². The van der Waals surface area contributed by atoms with E-state index in [0.29, 0.717) is 12.4 Å². The Morgan fingerprint density at radius 2 is 2.38 bits per heavy atom. The second-order valence-corrected chi connectivity index (χ2v) is 5.27. The Bertz CT molecular complexity index is 467. The summed E-state index contributed by atoms with van der Waals surface area (Å²) in [5.41, 5.74) is 1.04. The van der Waals surface area contributed by atoms with E-state index in [1.54, 1.807) is 13.3 Å². The summed E-state index contributed by atoms with van der Waals surface area (Å²) in [5.74, 6) is 2.36. The van der Waals surface area contributed by atoms with E-state index >= 15 is 0 Å². The van der Waals surface area contributed by atoms with E-state index in [2.05, 4.69) is 27.1 Å². The standard InChI is InChI=1S/C15H24N4O.HI/c1-12-6-5-9-19(11-12)15(16-2)18-10-13-7-4-8-17-14(13)20-3;/h4,7-8,12H,5-6,9-11H2,1-3H3,(H,16,18);1H. The highest BCUT2D eigenvalue weighted by Crippen LogP contribution is 2.16. The molecule has 2 heterocycles. The quantitative estimate of drug-likeness (QED) is 0.478. The largest absolute Gasteiger partial charge is 0.481 e. The zero-order valence-electron chi connectivity index (χ0n) is 13.0. The van der Waals surface area contributed by atoms with Crippen LogP contribution in [0.3, 0.4) is 0 Å². The van der Waals surface area contributed by atoms with Gasteiger partial charge in [-0.25, -0.2) is 4.98 Å². The molecule has 0 aliphatic carbocycles. The van der Waals surface area contributed by atoms with Crippen LogP contribution in [0.4, 0.5) is 0 Å². The average Bonchev–Trinajstić information content (AvgIpc) is 2.48. The monoisotopic (exact) mass is 404 g/mol. The molecule has 2 rings (SSSR count). The van der Waals surface area contributed by atoms with Gasteiger partial charge in [0.2, 0.25) is 5.88 Å². The van der Waals surface area contributed by atoms with Crippen LogP contribution in [0.25, 0.3) is 0 Å². The Balaban J connectivity index is 0.00000220. The lowest BCUT2D eigenvalue weighted by molar-refractivity contribution is 0.266. The molecule has 21 heavy (non-hydrogen) atoms. The number of halogens is 1. The van der Waals surface area contributed by atoms with Crippen molar-refractivity contribution < 1.29 is 4.74 Å². The van der Waals surface area contributed by atoms with Gasteiger partial charge in [0.05, 0.1) is 7.11 Å². The van der Waals surface area contributed by atoms with E-state index in [1.165, 1.54) is 12.8 Å². The number of aromatic nitrogens is 1. The van der Waals surface area contributed by atoms with Crippen molar-refractivity contribution in [2.45, 2.75) is 26.3 Å². The van der Waals surface area contributed by atoms with E-state index in [0.717, 1.165) is 30.5 Å². The van der Waals surface area contributed by atoms with Gasteiger partial charge in [-0.15, -0.1) is 24.0 Å². The number of nitrogens with zero attached hydrogens (tertiary/aromatic N) is 3. The molecule has 1 fully saturated rings. The fourth-order valence-electron chi connectivity index (χ4n) is 2.63. The number of likely N-dealkylation sites (tertiary alicyclic amines) is 1. The SMILES string of the molecule is CN=C(NCc1cccnc1OC)N1CCCC(C)C1.I. The summed E-state index contributed by atoms with van der Waals surface area (Å²) < 4.78 is 5.27. The number of aliphatic imine (C=N–C) groups is 1. The van der Waals surface area contributed by atoms with Gasteiger partial charge in [0.1, 0.15) is 0 Å². The van der Waals surface area contributed by atoms with Crippen LogP contribution in [0.1, 0.15) is 25.3 Å². The Morgan fingerprint density at radius 1 is 1.57 bits per heavy atom. The molecule has 118 valence electrons. The number of methoxy groups -OCH3 is 1. The highest BCUT2D eigenvalue weighted by Gasteiger charge is 2.19. The third kappa shape index (κ3) is 5.01. The zero-order chi connectivity index (χ0) is 14.4. The summed E-state index contributed by atoms with van der Waals surface area (Å²) >= 11 is 0. The van der Waals surface area contributed by atoms with Crippen molar-refractivity contribution in [3.63, 3.8) is 0 Å². The number of hydrogen-bond acceptors (Lipinski definition) is 3. The van der Waals surface area contributed by atoms with Gasteiger partial charge in [0, 0.05) is 38.4 Å². The zero-order valence-corrected chi connectivity index (χ0v) is 15.3. The van der Waals surface area contributed by atoms with Gasteiger partial charge in [-0.05, 0) is 24.8 Å². The van der Waals surface area contributed by atoms with Crippen molar-refractivity contribution in [1.29, 1.82) is 0 Å². The minimum absolute atomic E-state index is 0. The minimum atomic E-state index is 0. The second kappa shape index (κ2) is 9.07. The number of piperidine rings is 1. The van der Waals surface area contributed by atoms with Crippen LogP contribution in [0.2, 0.25) is 0 Å². The number of rotatable bonds is 3. The van der Waals surface area contributed by atoms with Crippen LogP contribution in [0.5, 0.6) is 5.88 Å². The van der Waals surface area contributed by atoms with Crippen molar-refractivity contribution in [1.82, 2.24) is 15.2 Å². The maximum absolute atomic E-state index is 5.27. The van der Waals surface area contributed by atoms with Crippen molar-refractivity contribution in [3.05, 3.63) is 23.9 Å². The molecule has 0 amide bonds. The molecule has 1 aromatic rings. The molecule has 0 spiro atoms. The van der Waals surface area contributed by atoms with Gasteiger partial charge in [-0.1, -0.05) is 13.0 Å². The van der Waals surface area contributed by atoms with Crippen LogP contribution < -0.4 is 10.1 Å². The molecule has 1 aliphatic rings. The van der Waals surface area contributed by atoms with Crippen molar-refractivity contribution >= 4 is 29.9 Å². The highest BCUT2D eigenvalue weighted by molar-refractivity contribution is 14.0. The molecule has 1 unspecified atom stereocenters. The summed E-state index contributed by atoms with van der Waals surface area (Å²) in [6.45, 7) is 5.12. The highest BCUT2D eigenvalue weighted by atomic mass is 127. The van der Waals surface area contributed by atoms with E-state index in [9.17, 15) is 0 Å². The number of ether oxygens (including phenoxy) is 1. The molecule has 0 bridgehead atoms. The lowest BCUT2D eigenvalue weighted by Crippen LogP contribution is -2.45. The average molecular weight is 404 g/mol. The maximum Gasteiger partial charge on any atom is 0.218 e. The summed E-state index contributed by atoms with van der Waals surface area (Å²) in [6.07, 6.45) is 4.28. The van der Waals surface area contributed by atoms with Crippen LogP contribution in [0.15, 0.2) is 23.3 Å². The summed E-state index contributed by atoms with van der Waals surface area (Å²) in [5, 5.41) is 3.41. The summed E-state index contributed by atoms with van der Waals surface area (Å²) in [6, 6.07) is 3.94. The molecule has 1 N–H and O–H groups in total. The third-order valence-corrected chi connectivity index (χ3v) is 3.65. The Kier molecular flexibility index (Phi) is 7.77. The first kappa shape index (κ1) is 18.0. The number of nitrogens with one attached hydrogen (secondary N) is 1. The van der Waals surface area contributed by atoms with Crippen LogP contribution >= 0.6 is 24.0 Å². The first-order valence-electron chi connectivity index (χ1n) is 7.18. The van der Waals surface area contributed by atoms with Gasteiger partial charge < -0.3 is 15.0 Å². The normalized spacial score (nSPS) is 18.9. The Labute approximate surface area is 144 Å². The first-order valence-corrected chi connectivity index (χ1v) is 7.18. The van der Waals surface area contributed by atoms with Crippen molar-refractivity contribution in [2.24, 2.45) is 10.9 Å². The topological polar surface area (TPSA) is 49.8 Å². The molecule has 0 saturated carbocycles. The van der Waals surface area contributed by atoms with E-state index in [1.807, 2.05) is 19.2 Å². The molecule has 1 saturated heterocycles. The van der Waals surface area contributed by atoms with Crippen LogP contribution in [-0.2, 0) is 6.54 Å². The van der Waals surface area contributed by atoms with Crippen LogP contribution in [0, 0.1) is 5.92 Å². The first-order chi connectivity index (χ1) is 9.74. The Morgan fingerprint density at radius 3 is 3.05 bits per heavy atom. The van der Waals surface area contributed by atoms with Gasteiger partial charge in [-0.2, -0.15) is 0 Å². The molecule has 0 radical (unpaired) electrons. The predicted molar refractivity (Wildman–Crippen MR) is 96.4 cm³/mol. The molecular formula is C15H25IN4O. The van der Waals surface area contributed by atoms with Gasteiger partial charge in [0.15, 0.2) is 5.96 Å². The lowest BCUT2D eigenvalue weighted by atomic mass is 10.0. The molecule has 1 aromatic heterocycles. The van der Waals surface area contributed by atoms with Gasteiger partial charge in [-0.3, -0.25) is 4.99 Å². The number of pyridine rings is 1. The smallest absolute Gasteiger partial charge is 0.218 e. The fourth-order valence-corrected chi connectivity index (χ4v) is 2.63. The number of guanidine groups is 1. The summed E-state index contributed by atoms with van der Waals surface area (Å²) in [4.78, 5) is 10.9.